The van der Waals surface area contributed by atoms with Gasteiger partial charge in [-0.25, -0.2) is 0 Å². The van der Waals surface area contributed by atoms with Gasteiger partial charge in [0.25, 0.3) is 0 Å². The van der Waals surface area contributed by atoms with Crippen molar-refractivity contribution in [2.24, 2.45) is 0 Å². The average Bonchev–Trinajstić information content (AvgIpc) is 2.44. The van der Waals surface area contributed by atoms with E-state index in [0.717, 1.165) is 12.1 Å². The lowest BCUT2D eigenvalue weighted by Gasteiger charge is -2.12. The molecular formula is C18H22F3NO2Si. The fourth-order valence-corrected chi connectivity index (χ4v) is 2.39. The van der Waals surface area contributed by atoms with Gasteiger partial charge in [0.15, 0.2) is 0 Å². The van der Waals surface area contributed by atoms with Crippen LogP contribution in [0.15, 0.2) is 30.3 Å². The van der Waals surface area contributed by atoms with Gasteiger partial charge in [-0.15, -0.1) is 5.54 Å². The van der Waals surface area contributed by atoms with E-state index in [9.17, 15) is 18.0 Å². The van der Waals surface area contributed by atoms with E-state index in [0.29, 0.717) is 17.7 Å². The fourth-order valence-electron chi connectivity index (χ4n) is 1.88. The first-order valence-electron chi connectivity index (χ1n) is 7.70. The summed E-state index contributed by atoms with van der Waals surface area (Å²) in [5.41, 5.74) is 3.67. The molecule has 0 unspecified atom stereocenters. The van der Waals surface area contributed by atoms with E-state index in [-0.39, 0.29) is 6.54 Å². The molecule has 0 fully saturated rings. The van der Waals surface area contributed by atoms with Crippen molar-refractivity contribution in [1.29, 1.82) is 0 Å². The maximum absolute atomic E-state index is 12.7. The summed E-state index contributed by atoms with van der Waals surface area (Å²) in [6.07, 6.45) is -2.63. The minimum absolute atomic E-state index is 0.127. The Balaban J connectivity index is 3.13. The molecule has 0 saturated heterocycles. The van der Waals surface area contributed by atoms with E-state index in [1.54, 1.807) is 18.0 Å². The van der Waals surface area contributed by atoms with Gasteiger partial charge in [-0.05, 0) is 24.7 Å². The first-order valence-corrected chi connectivity index (χ1v) is 11.2. The molecule has 0 amide bonds. The fraction of sp³-hybridized carbons (Fsp3) is 0.389. The molecule has 1 N–H and O–H groups in total. The predicted molar refractivity (Wildman–Crippen MR) is 95.7 cm³/mol. The van der Waals surface area contributed by atoms with Gasteiger partial charge in [0.05, 0.1) is 12.1 Å². The lowest BCUT2D eigenvalue weighted by atomic mass is 10.0. The summed E-state index contributed by atoms with van der Waals surface area (Å²) in [6.45, 7) is 6.42. The molecule has 136 valence electrons. The smallest absolute Gasteiger partial charge is 0.416 e. The van der Waals surface area contributed by atoms with Crippen molar-refractivity contribution in [2.75, 3.05) is 20.1 Å². The van der Waals surface area contributed by atoms with Crippen molar-refractivity contribution in [1.82, 2.24) is 4.90 Å². The van der Waals surface area contributed by atoms with Crippen molar-refractivity contribution in [3.63, 3.8) is 0 Å². The van der Waals surface area contributed by atoms with Crippen LogP contribution in [0.2, 0.25) is 19.6 Å². The van der Waals surface area contributed by atoms with Gasteiger partial charge >= 0.3 is 12.1 Å². The summed E-state index contributed by atoms with van der Waals surface area (Å²) in [6, 6.07) is 4.84. The maximum atomic E-state index is 12.7. The molecule has 1 aromatic carbocycles. The van der Waals surface area contributed by atoms with Crippen LogP contribution in [0.5, 0.6) is 0 Å². The molecule has 0 heterocycles. The molecule has 0 aromatic heterocycles. The average molecular weight is 369 g/mol. The highest BCUT2D eigenvalue weighted by Gasteiger charge is 2.30. The number of allylic oxidation sites excluding steroid dienone is 1. The minimum Gasteiger partial charge on any atom is -0.480 e. The van der Waals surface area contributed by atoms with Crippen molar-refractivity contribution in [2.45, 2.75) is 25.8 Å². The van der Waals surface area contributed by atoms with E-state index in [1.807, 2.05) is 0 Å². The second-order valence-electron chi connectivity index (χ2n) is 6.78. The molecule has 0 atom stereocenters. The standard InChI is InChI=1S/C18H22F3NO2Si/c1-22(13-17(23)24)11-9-15(10-12-25(2,3)4)14-5-7-16(8-6-14)18(19,20)21/h5-9H,11,13H2,1-4H3,(H,23,24)/b15-9-. The van der Waals surface area contributed by atoms with Gasteiger partial charge in [0.2, 0.25) is 0 Å². The Morgan fingerprint density at radius 3 is 2.24 bits per heavy atom. The first-order chi connectivity index (χ1) is 11.4. The summed E-state index contributed by atoms with van der Waals surface area (Å²) >= 11 is 0. The van der Waals surface area contributed by atoms with Crippen molar-refractivity contribution in [3.05, 3.63) is 41.5 Å². The molecule has 0 spiro atoms. The quantitative estimate of drug-likeness (QED) is 0.630. The lowest BCUT2D eigenvalue weighted by molar-refractivity contribution is -0.138. The molecule has 0 radical (unpaired) electrons. The molecule has 1 rings (SSSR count). The second kappa shape index (κ2) is 8.36. The Bertz CT molecular complexity index is 692. The van der Waals surface area contributed by atoms with Gasteiger partial charge in [0, 0.05) is 12.1 Å². The zero-order valence-corrected chi connectivity index (χ0v) is 15.7. The van der Waals surface area contributed by atoms with E-state index in [2.05, 4.69) is 31.1 Å². The second-order valence-corrected chi connectivity index (χ2v) is 11.5. The molecule has 0 aliphatic rings. The summed E-state index contributed by atoms with van der Waals surface area (Å²) in [7, 11) is -0.0121. The Morgan fingerprint density at radius 2 is 1.80 bits per heavy atom. The molecule has 0 aliphatic heterocycles. The number of rotatable bonds is 5. The van der Waals surface area contributed by atoms with Crippen molar-refractivity contribution < 1.29 is 23.1 Å². The van der Waals surface area contributed by atoms with Gasteiger partial charge < -0.3 is 5.11 Å². The van der Waals surface area contributed by atoms with Gasteiger partial charge in [-0.1, -0.05) is 43.8 Å². The number of nitrogens with zero attached hydrogens (tertiary/aromatic N) is 1. The predicted octanol–water partition coefficient (Wildman–Crippen LogP) is 3.99. The van der Waals surface area contributed by atoms with Crippen LogP contribution in [0.25, 0.3) is 5.57 Å². The van der Waals surface area contributed by atoms with Gasteiger partial charge in [0.1, 0.15) is 8.07 Å². The normalized spacial score (nSPS) is 12.7. The van der Waals surface area contributed by atoms with E-state index in [4.69, 9.17) is 5.11 Å². The Morgan fingerprint density at radius 1 is 1.24 bits per heavy atom. The number of halogens is 3. The number of alkyl halides is 3. The largest absolute Gasteiger partial charge is 0.480 e. The number of aliphatic carboxylic acids is 1. The van der Waals surface area contributed by atoms with Crippen molar-refractivity contribution in [3.8, 4) is 11.5 Å². The Kier molecular flexibility index (Phi) is 7.03. The monoisotopic (exact) mass is 369 g/mol. The topological polar surface area (TPSA) is 40.5 Å². The highest BCUT2D eigenvalue weighted by molar-refractivity contribution is 6.84. The third kappa shape index (κ3) is 8.05. The number of benzene rings is 1. The highest BCUT2D eigenvalue weighted by Crippen LogP contribution is 2.30. The summed E-state index contributed by atoms with van der Waals surface area (Å²) < 4.78 is 38.1. The Hall–Kier alpha value is -2.04. The lowest BCUT2D eigenvalue weighted by Crippen LogP contribution is -2.25. The number of carboxylic acids is 1. The summed E-state index contributed by atoms with van der Waals surface area (Å²) in [5, 5.41) is 8.79. The molecule has 0 aliphatic carbocycles. The molecule has 25 heavy (non-hydrogen) atoms. The molecule has 0 saturated carbocycles. The van der Waals surface area contributed by atoms with Gasteiger partial charge in [-0.2, -0.15) is 13.2 Å². The minimum atomic E-state index is -4.38. The number of likely N-dealkylation sites (N-methyl/N-ethyl adjacent to an activating group) is 1. The molecule has 1 aromatic rings. The SMILES string of the molecule is CN(C/C=C(/C#C[Si](C)(C)C)c1ccc(C(F)(F)F)cc1)CC(=O)O. The van der Waals surface area contributed by atoms with Crippen LogP contribution in [-0.2, 0) is 11.0 Å². The van der Waals surface area contributed by atoms with E-state index >= 15 is 0 Å². The third-order valence-corrected chi connectivity index (χ3v) is 3.98. The summed E-state index contributed by atoms with van der Waals surface area (Å²) in [4.78, 5) is 12.3. The maximum Gasteiger partial charge on any atom is 0.416 e. The van der Waals surface area contributed by atoms with E-state index in [1.165, 1.54) is 12.1 Å². The van der Waals surface area contributed by atoms with E-state index < -0.39 is 25.8 Å². The van der Waals surface area contributed by atoms with Crippen LogP contribution in [0, 0.1) is 11.5 Å². The number of hydrogen-bond acceptors (Lipinski definition) is 2. The first kappa shape index (κ1) is 21.0. The molecule has 7 heteroatoms. The van der Waals surface area contributed by atoms with Crippen LogP contribution >= 0.6 is 0 Å². The number of carboxylic acid groups (broad SMARTS) is 1. The molecular weight excluding hydrogens is 347 g/mol. The zero-order valence-electron chi connectivity index (χ0n) is 14.7. The van der Waals surface area contributed by atoms with Crippen LogP contribution < -0.4 is 0 Å². The molecule has 3 nitrogen and oxygen atoms in total. The van der Waals surface area contributed by atoms with Crippen LogP contribution in [-0.4, -0.2) is 44.2 Å². The van der Waals surface area contributed by atoms with Crippen LogP contribution in [0.1, 0.15) is 11.1 Å². The third-order valence-electron chi connectivity index (χ3n) is 3.11. The Labute approximate surface area is 147 Å². The van der Waals surface area contributed by atoms with Crippen LogP contribution in [0.3, 0.4) is 0 Å². The molecule has 0 bridgehead atoms. The van der Waals surface area contributed by atoms with Crippen LogP contribution in [0.4, 0.5) is 13.2 Å². The van der Waals surface area contributed by atoms with Crippen molar-refractivity contribution >= 4 is 19.6 Å². The summed E-state index contributed by atoms with van der Waals surface area (Å²) in [5.74, 6) is 2.12. The number of hydrogen-bond donors (Lipinski definition) is 1. The highest BCUT2D eigenvalue weighted by atomic mass is 28.3. The zero-order chi connectivity index (χ0) is 19.3. The van der Waals surface area contributed by atoms with Gasteiger partial charge in [-0.3, -0.25) is 9.69 Å². The number of carbonyl (C=O) groups is 1.